The highest BCUT2D eigenvalue weighted by molar-refractivity contribution is 6.30. The van der Waals surface area contributed by atoms with Gasteiger partial charge in [0.25, 0.3) is 0 Å². The van der Waals surface area contributed by atoms with Gasteiger partial charge in [-0.2, -0.15) is 0 Å². The van der Waals surface area contributed by atoms with E-state index in [2.05, 4.69) is 0 Å². The number of carboxylic acids is 1. The van der Waals surface area contributed by atoms with Crippen molar-refractivity contribution in [2.24, 2.45) is 5.41 Å². The number of halogens is 1. The molecule has 0 aromatic heterocycles. The zero-order chi connectivity index (χ0) is 16.3. The first-order valence-corrected chi connectivity index (χ1v) is 7.30. The molecule has 2 rings (SSSR count). The first kappa shape index (κ1) is 16.2. The van der Waals surface area contributed by atoms with E-state index in [9.17, 15) is 9.59 Å². The van der Waals surface area contributed by atoms with Gasteiger partial charge < -0.3 is 5.11 Å². The van der Waals surface area contributed by atoms with Gasteiger partial charge in [-0.05, 0) is 37.1 Å². The van der Waals surface area contributed by atoms with Crippen LogP contribution in [0, 0.1) is 5.41 Å². The molecule has 4 heteroatoms. The van der Waals surface area contributed by atoms with Crippen LogP contribution in [0.15, 0.2) is 48.5 Å². The topological polar surface area (TPSA) is 54.4 Å². The Morgan fingerprint density at radius 3 is 1.86 bits per heavy atom. The first-order chi connectivity index (χ1) is 10.3. The Kier molecular flexibility index (Phi) is 4.67. The third-order valence-corrected chi connectivity index (χ3v) is 3.82. The molecule has 1 N–H and O–H groups in total. The lowest BCUT2D eigenvalue weighted by molar-refractivity contribution is -0.146. The Labute approximate surface area is 134 Å². The third kappa shape index (κ3) is 3.74. The standard InChI is InChI=1S/C18H17ClO3/c1-18(2,17(21)22)11-16(20)14-5-3-12(4-6-14)13-7-9-15(19)10-8-13/h3-10H,11H2,1-2H3,(H,21,22). The van der Waals surface area contributed by atoms with Gasteiger partial charge in [0.2, 0.25) is 0 Å². The summed E-state index contributed by atoms with van der Waals surface area (Å²) in [5.74, 6) is -1.14. The maximum absolute atomic E-state index is 12.2. The predicted octanol–water partition coefficient (Wildman–Crippen LogP) is 4.69. The van der Waals surface area contributed by atoms with E-state index in [1.807, 2.05) is 36.4 Å². The van der Waals surface area contributed by atoms with Crippen LogP contribution in [0.5, 0.6) is 0 Å². The molecule has 0 saturated heterocycles. The van der Waals surface area contributed by atoms with E-state index < -0.39 is 11.4 Å². The summed E-state index contributed by atoms with van der Waals surface area (Å²) >= 11 is 5.86. The molecule has 0 aliphatic carbocycles. The molecule has 0 bridgehead atoms. The van der Waals surface area contributed by atoms with Gasteiger partial charge in [-0.15, -0.1) is 0 Å². The molecule has 0 amide bonds. The van der Waals surface area contributed by atoms with Crippen molar-refractivity contribution in [3.63, 3.8) is 0 Å². The summed E-state index contributed by atoms with van der Waals surface area (Å²) in [5.41, 5.74) is 1.44. The zero-order valence-electron chi connectivity index (χ0n) is 12.5. The fraction of sp³-hybridized carbons (Fsp3) is 0.222. The Bertz CT molecular complexity index is 685. The summed E-state index contributed by atoms with van der Waals surface area (Å²) in [6.07, 6.45) is -0.0252. The Hall–Kier alpha value is -2.13. The van der Waals surface area contributed by atoms with Gasteiger partial charge in [0.05, 0.1) is 5.41 Å². The second kappa shape index (κ2) is 6.32. The van der Waals surface area contributed by atoms with Gasteiger partial charge in [-0.1, -0.05) is 48.0 Å². The summed E-state index contributed by atoms with van der Waals surface area (Å²) < 4.78 is 0. The van der Waals surface area contributed by atoms with E-state index in [0.717, 1.165) is 11.1 Å². The lowest BCUT2D eigenvalue weighted by Crippen LogP contribution is -2.26. The smallest absolute Gasteiger partial charge is 0.309 e. The van der Waals surface area contributed by atoms with E-state index in [0.29, 0.717) is 10.6 Å². The van der Waals surface area contributed by atoms with Gasteiger partial charge in [0, 0.05) is 17.0 Å². The van der Waals surface area contributed by atoms with Crippen molar-refractivity contribution in [2.45, 2.75) is 20.3 Å². The number of hydrogen-bond acceptors (Lipinski definition) is 2. The number of rotatable bonds is 5. The van der Waals surface area contributed by atoms with E-state index >= 15 is 0 Å². The highest BCUT2D eigenvalue weighted by atomic mass is 35.5. The minimum absolute atomic E-state index is 0.0252. The molecule has 3 nitrogen and oxygen atoms in total. The number of carbonyl (C=O) groups excluding carboxylic acids is 1. The zero-order valence-corrected chi connectivity index (χ0v) is 13.2. The highest BCUT2D eigenvalue weighted by Gasteiger charge is 2.30. The highest BCUT2D eigenvalue weighted by Crippen LogP contribution is 2.25. The second-order valence-electron chi connectivity index (χ2n) is 5.87. The largest absolute Gasteiger partial charge is 0.481 e. The van der Waals surface area contributed by atoms with Crippen molar-refractivity contribution >= 4 is 23.4 Å². The van der Waals surface area contributed by atoms with Crippen LogP contribution in [0.4, 0.5) is 0 Å². The summed E-state index contributed by atoms with van der Waals surface area (Å²) in [7, 11) is 0. The van der Waals surface area contributed by atoms with Gasteiger partial charge in [-0.3, -0.25) is 9.59 Å². The Balaban J connectivity index is 2.16. The van der Waals surface area contributed by atoms with Gasteiger partial charge in [0.15, 0.2) is 5.78 Å². The molecule has 114 valence electrons. The quantitative estimate of drug-likeness (QED) is 0.814. The number of aliphatic carboxylic acids is 1. The van der Waals surface area contributed by atoms with Crippen LogP contribution in [0.2, 0.25) is 5.02 Å². The van der Waals surface area contributed by atoms with Crippen molar-refractivity contribution in [3.8, 4) is 11.1 Å². The molecule has 0 unspecified atom stereocenters. The lowest BCUT2D eigenvalue weighted by Gasteiger charge is -2.17. The second-order valence-corrected chi connectivity index (χ2v) is 6.31. The van der Waals surface area contributed by atoms with E-state index in [1.165, 1.54) is 0 Å². The van der Waals surface area contributed by atoms with Crippen molar-refractivity contribution in [3.05, 3.63) is 59.1 Å². The van der Waals surface area contributed by atoms with Crippen molar-refractivity contribution in [2.75, 3.05) is 0 Å². The van der Waals surface area contributed by atoms with Crippen LogP contribution < -0.4 is 0 Å². The number of benzene rings is 2. The molecule has 22 heavy (non-hydrogen) atoms. The molecule has 0 spiro atoms. The molecule has 0 saturated carbocycles. The Morgan fingerprint density at radius 2 is 1.41 bits per heavy atom. The average Bonchev–Trinajstić information content (AvgIpc) is 2.47. The minimum Gasteiger partial charge on any atom is -0.481 e. The molecule has 0 aliphatic rings. The molecule has 2 aromatic rings. The molecule has 0 aliphatic heterocycles. The van der Waals surface area contributed by atoms with Gasteiger partial charge in [0.1, 0.15) is 0 Å². The number of carbonyl (C=O) groups is 2. The van der Waals surface area contributed by atoms with Gasteiger partial charge >= 0.3 is 5.97 Å². The molecular weight excluding hydrogens is 300 g/mol. The predicted molar refractivity (Wildman–Crippen MR) is 87.3 cm³/mol. The normalized spacial score (nSPS) is 11.2. The maximum Gasteiger partial charge on any atom is 0.309 e. The first-order valence-electron chi connectivity index (χ1n) is 6.92. The molecule has 0 fully saturated rings. The van der Waals surface area contributed by atoms with Crippen molar-refractivity contribution in [1.29, 1.82) is 0 Å². The summed E-state index contributed by atoms with van der Waals surface area (Å²) in [6, 6.07) is 14.6. The van der Waals surface area contributed by atoms with Crippen LogP contribution in [-0.4, -0.2) is 16.9 Å². The maximum atomic E-state index is 12.2. The monoisotopic (exact) mass is 316 g/mol. The third-order valence-electron chi connectivity index (χ3n) is 3.57. The molecule has 0 heterocycles. The lowest BCUT2D eigenvalue weighted by atomic mass is 9.85. The van der Waals surface area contributed by atoms with Crippen molar-refractivity contribution < 1.29 is 14.7 Å². The van der Waals surface area contributed by atoms with E-state index in [4.69, 9.17) is 16.7 Å². The molecule has 2 aromatic carbocycles. The van der Waals surface area contributed by atoms with E-state index in [-0.39, 0.29) is 12.2 Å². The van der Waals surface area contributed by atoms with Crippen molar-refractivity contribution in [1.82, 2.24) is 0 Å². The average molecular weight is 317 g/mol. The van der Waals surface area contributed by atoms with Crippen LogP contribution in [-0.2, 0) is 4.79 Å². The van der Waals surface area contributed by atoms with Gasteiger partial charge in [-0.25, -0.2) is 0 Å². The van der Waals surface area contributed by atoms with Crippen LogP contribution >= 0.6 is 11.6 Å². The van der Waals surface area contributed by atoms with Crippen LogP contribution in [0.1, 0.15) is 30.6 Å². The number of carboxylic acid groups (broad SMARTS) is 1. The molecule has 0 radical (unpaired) electrons. The van der Waals surface area contributed by atoms with Crippen LogP contribution in [0.3, 0.4) is 0 Å². The summed E-state index contributed by atoms with van der Waals surface area (Å²) in [5, 5.41) is 9.76. The summed E-state index contributed by atoms with van der Waals surface area (Å²) in [4.78, 5) is 23.3. The molecular formula is C18H17ClO3. The SMILES string of the molecule is CC(C)(CC(=O)c1ccc(-c2ccc(Cl)cc2)cc1)C(=O)O. The fourth-order valence-corrected chi connectivity index (χ4v) is 2.20. The van der Waals surface area contributed by atoms with E-state index in [1.54, 1.807) is 26.0 Å². The molecule has 0 atom stereocenters. The Morgan fingerprint density at radius 1 is 0.955 bits per heavy atom. The minimum atomic E-state index is -1.06. The summed E-state index contributed by atoms with van der Waals surface area (Å²) in [6.45, 7) is 3.10. The fourth-order valence-electron chi connectivity index (χ4n) is 2.07. The van der Waals surface area contributed by atoms with Crippen LogP contribution in [0.25, 0.3) is 11.1 Å². The number of ketones is 1. The number of Topliss-reactive ketones (excluding diaryl/α,β-unsaturated/α-hetero) is 1. The number of hydrogen-bond donors (Lipinski definition) is 1.